The van der Waals surface area contributed by atoms with Gasteiger partial charge >= 0.3 is 0 Å². The van der Waals surface area contributed by atoms with Crippen LogP contribution in [-0.4, -0.2) is 20.4 Å². The lowest BCUT2D eigenvalue weighted by Gasteiger charge is -2.03. The Bertz CT molecular complexity index is 730. The van der Waals surface area contributed by atoms with Gasteiger partial charge in [-0.3, -0.25) is 9.78 Å². The Hall–Kier alpha value is -2.14. The van der Waals surface area contributed by atoms with Gasteiger partial charge < -0.3 is 0 Å². The molecule has 0 aliphatic heterocycles. The Morgan fingerprint density at radius 2 is 2.17 bits per heavy atom. The molecule has 0 bridgehead atoms. The minimum Gasteiger partial charge on any atom is -0.288 e. The average molecular weight is 255 g/mol. The van der Waals surface area contributed by atoms with Gasteiger partial charge in [-0.25, -0.2) is 0 Å². The smallest absolute Gasteiger partial charge is 0.207 e. The van der Waals surface area contributed by atoms with Gasteiger partial charge in [-0.15, -0.1) is 5.10 Å². The predicted molar refractivity (Wildman–Crippen MR) is 69.8 cm³/mol. The van der Waals surface area contributed by atoms with Crippen LogP contribution in [0.3, 0.4) is 0 Å². The maximum absolute atomic E-state index is 12.4. The van der Waals surface area contributed by atoms with E-state index in [1.165, 1.54) is 0 Å². The van der Waals surface area contributed by atoms with Crippen molar-refractivity contribution in [2.75, 3.05) is 0 Å². The number of rotatable bonds is 2. The van der Waals surface area contributed by atoms with Crippen LogP contribution in [0.2, 0.25) is 0 Å². The zero-order valence-electron chi connectivity index (χ0n) is 9.62. The minimum absolute atomic E-state index is 0.0406. The van der Waals surface area contributed by atoms with Crippen molar-refractivity contribution in [2.24, 2.45) is 0 Å². The number of benzene rings is 1. The molecule has 18 heavy (non-hydrogen) atoms. The van der Waals surface area contributed by atoms with Crippen molar-refractivity contribution in [1.29, 1.82) is 0 Å². The number of carbonyl (C=O) groups is 1. The van der Waals surface area contributed by atoms with E-state index in [4.69, 9.17) is 0 Å². The molecule has 0 aliphatic rings. The number of aryl methyl sites for hydroxylation is 1. The third kappa shape index (κ3) is 1.69. The van der Waals surface area contributed by atoms with Crippen LogP contribution in [0, 0.1) is 6.92 Å². The highest BCUT2D eigenvalue weighted by Gasteiger charge is 2.17. The molecule has 4 nitrogen and oxygen atoms in total. The molecule has 3 aromatic rings. The van der Waals surface area contributed by atoms with Crippen molar-refractivity contribution < 1.29 is 4.79 Å². The summed E-state index contributed by atoms with van der Waals surface area (Å²) in [5.41, 5.74) is 1.32. The van der Waals surface area contributed by atoms with Gasteiger partial charge in [-0.2, -0.15) is 0 Å². The second-order valence-corrected chi connectivity index (χ2v) is 4.67. The Balaban J connectivity index is 2.21. The van der Waals surface area contributed by atoms with Crippen LogP contribution >= 0.6 is 11.5 Å². The molecule has 0 atom stereocenters. The zero-order chi connectivity index (χ0) is 12.5. The fraction of sp³-hybridized carbons (Fsp3) is 0.0769. The molecule has 1 aromatic carbocycles. The van der Waals surface area contributed by atoms with Gasteiger partial charge in [0.05, 0.1) is 5.69 Å². The molecule has 0 saturated carbocycles. The summed E-state index contributed by atoms with van der Waals surface area (Å²) in [6, 6.07) is 7.54. The first-order valence-electron chi connectivity index (χ1n) is 5.44. The van der Waals surface area contributed by atoms with Crippen LogP contribution in [0.15, 0.2) is 36.7 Å². The molecule has 0 fully saturated rings. The number of aromatic nitrogens is 3. The summed E-state index contributed by atoms with van der Waals surface area (Å²) in [7, 11) is 0. The Labute approximate surface area is 107 Å². The van der Waals surface area contributed by atoms with Gasteiger partial charge in [0, 0.05) is 23.3 Å². The molecular formula is C13H9N3OS. The van der Waals surface area contributed by atoms with Gasteiger partial charge in [0.1, 0.15) is 4.88 Å². The molecule has 5 heteroatoms. The van der Waals surface area contributed by atoms with E-state index in [2.05, 4.69) is 14.6 Å². The Morgan fingerprint density at radius 1 is 1.28 bits per heavy atom. The molecule has 0 aliphatic carbocycles. The minimum atomic E-state index is -0.0406. The van der Waals surface area contributed by atoms with Crippen LogP contribution in [0.25, 0.3) is 10.8 Å². The third-order valence-electron chi connectivity index (χ3n) is 2.79. The van der Waals surface area contributed by atoms with Gasteiger partial charge in [-0.1, -0.05) is 22.7 Å². The summed E-state index contributed by atoms with van der Waals surface area (Å²) >= 11 is 1.13. The molecule has 0 spiro atoms. The number of hydrogen-bond donors (Lipinski definition) is 0. The second-order valence-electron chi connectivity index (χ2n) is 3.92. The van der Waals surface area contributed by atoms with E-state index in [9.17, 15) is 4.79 Å². The van der Waals surface area contributed by atoms with Crippen LogP contribution in [-0.2, 0) is 0 Å². The molecule has 88 valence electrons. The summed E-state index contributed by atoms with van der Waals surface area (Å²) in [6.45, 7) is 1.79. The van der Waals surface area contributed by atoms with Gasteiger partial charge in [-0.05, 0) is 29.9 Å². The monoisotopic (exact) mass is 255 g/mol. The number of hydrogen-bond acceptors (Lipinski definition) is 5. The van der Waals surface area contributed by atoms with E-state index in [0.29, 0.717) is 16.1 Å². The lowest BCUT2D eigenvalue weighted by Crippen LogP contribution is -2.01. The molecule has 0 amide bonds. The van der Waals surface area contributed by atoms with Crippen LogP contribution < -0.4 is 0 Å². The molecule has 3 rings (SSSR count). The molecule has 0 unspecified atom stereocenters. The molecule has 0 saturated heterocycles. The van der Waals surface area contributed by atoms with Crippen molar-refractivity contribution in [3.05, 3.63) is 52.8 Å². The zero-order valence-corrected chi connectivity index (χ0v) is 10.4. The van der Waals surface area contributed by atoms with Crippen molar-refractivity contribution in [1.82, 2.24) is 14.6 Å². The summed E-state index contributed by atoms with van der Waals surface area (Å²) in [5.74, 6) is -0.0406. The highest BCUT2D eigenvalue weighted by molar-refractivity contribution is 7.08. The van der Waals surface area contributed by atoms with Gasteiger partial charge in [0.25, 0.3) is 0 Å². The first kappa shape index (κ1) is 11.0. The van der Waals surface area contributed by atoms with Crippen molar-refractivity contribution in [3.63, 3.8) is 0 Å². The summed E-state index contributed by atoms with van der Waals surface area (Å²) in [4.78, 5) is 17.1. The Morgan fingerprint density at radius 3 is 2.94 bits per heavy atom. The van der Waals surface area contributed by atoms with E-state index in [1.54, 1.807) is 19.3 Å². The predicted octanol–water partition coefficient (Wildman–Crippen LogP) is 2.63. The number of pyridine rings is 1. The first-order valence-corrected chi connectivity index (χ1v) is 6.21. The summed E-state index contributed by atoms with van der Waals surface area (Å²) in [6.07, 6.45) is 3.43. The molecule has 2 aromatic heterocycles. The van der Waals surface area contributed by atoms with E-state index in [0.717, 1.165) is 22.3 Å². The van der Waals surface area contributed by atoms with E-state index in [-0.39, 0.29) is 5.78 Å². The largest absolute Gasteiger partial charge is 0.288 e. The highest BCUT2D eigenvalue weighted by atomic mass is 32.1. The van der Waals surface area contributed by atoms with E-state index < -0.39 is 0 Å². The van der Waals surface area contributed by atoms with Crippen molar-refractivity contribution in [2.45, 2.75) is 6.92 Å². The number of fused-ring (bicyclic) bond motifs is 1. The number of nitrogens with zero attached hydrogens (tertiary/aromatic N) is 3. The summed E-state index contributed by atoms with van der Waals surface area (Å²) < 4.78 is 3.80. The van der Waals surface area contributed by atoms with Gasteiger partial charge in [0.2, 0.25) is 5.78 Å². The summed E-state index contributed by atoms with van der Waals surface area (Å²) in [5, 5.41) is 5.74. The maximum atomic E-state index is 12.4. The highest BCUT2D eigenvalue weighted by Crippen LogP contribution is 2.22. The maximum Gasteiger partial charge on any atom is 0.207 e. The topological polar surface area (TPSA) is 55.7 Å². The fourth-order valence-corrected chi connectivity index (χ4v) is 2.48. The molecule has 0 N–H and O–H groups in total. The number of ketones is 1. The molecular weight excluding hydrogens is 246 g/mol. The average Bonchev–Trinajstić information content (AvgIpc) is 2.83. The second kappa shape index (κ2) is 4.27. The van der Waals surface area contributed by atoms with Gasteiger partial charge in [0.15, 0.2) is 0 Å². The van der Waals surface area contributed by atoms with Crippen LogP contribution in [0.1, 0.15) is 20.9 Å². The van der Waals surface area contributed by atoms with Crippen molar-refractivity contribution in [3.8, 4) is 0 Å². The third-order valence-corrected chi connectivity index (χ3v) is 3.61. The lowest BCUT2D eigenvalue weighted by molar-refractivity contribution is 0.104. The lowest BCUT2D eigenvalue weighted by atomic mass is 10.0. The molecule has 2 heterocycles. The fourth-order valence-electron chi connectivity index (χ4n) is 1.87. The van der Waals surface area contributed by atoms with Crippen LogP contribution in [0.5, 0.6) is 0 Å². The van der Waals surface area contributed by atoms with E-state index in [1.807, 2.05) is 24.3 Å². The normalized spacial score (nSPS) is 10.7. The Kier molecular flexibility index (Phi) is 2.60. The first-order chi connectivity index (χ1) is 8.77. The van der Waals surface area contributed by atoms with Crippen molar-refractivity contribution >= 4 is 28.1 Å². The number of carbonyl (C=O) groups excluding carboxylic acids is 1. The van der Waals surface area contributed by atoms with Crippen LogP contribution in [0.4, 0.5) is 0 Å². The standard InChI is InChI=1S/C13H9N3OS/c1-8-13(18-16-15-8)12(17)10-4-2-3-9-5-6-14-7-11(9)10/h2-7H,1H3. The van der Waals surface area contributed by atoms with E-state index >= 15 is 0 Å². The molecule has 0 radical (unpaired) electrons. The SMILES string of the molecule is Cc1nnsc1C(=O)c1cccc2ccncc12. The quantitative estimate of drug-likeness (QED) is 0.660.